The third-order valence-electron chi connectivity index (χ3n) is 3.02. The topological polar surface area (TPSA) is 68.8 Å². The molecule has 0 aliphatic rings. The molecular formula is C19H36BN2O4S2. The number of alkyl carbamates (subject to hydrolysis) is 1. The van der Waals surface area contributed by atoms with Crippen LogP contribution in [-0.4, -0.2) is 69.6 Å². The van der Waals surface area contributed by atoms with Gasteiger partial charge in [-0.25, -0.2) is 4.79 Å². The van der Waals surface area contributed by atoms with Crippen LogP contribution in [0.3, 0.4) is 0 Å². The molecule has 9 heteroatoms. The normalized spacial score (nSPS) is 11.3. The summed E-state index contributed by atoms with van der Waals surface area (Å²) in [7, 11) is 5.38. The van der Waals surface area contributed by atoms with Crippen LogP contribution in [0.15, 0.2) is 0 Å². The van der Waals surface area contributed by atoms with Crippen LogP contribution in [0.5, 0.6) is 0 Å². The van der Waals surface area contributed by atoms with Gasteiger partial charge in [0.2, 0.25) is 7.28 Å². The van der Waals surface area contributed by atoms with E-state index in [0.717, 1.165) is 6.54 Å². The highest BCUT2D eigenvalue weighted by Gasteiger charge is 2.18. The Morgan fingerprint density at radius 1 is 1.14 bits per heavy atom. The number of nitrogens with one attached hydrogen (secondary N) is 2. The van der Waals surface area contributed by atoms with Crippen molar-refractivity contribution in [2.75, 3.05) is 45.5 Å². The Hall–Kier alpha value is -0.525. The van der Waals surface area contributed by atoms with Gasteiger partial charge < -0.3 is 24.8 Å². The molecule has 0 bridgehead atoms. The zero-order valence-electron chi connectivity index (χ0n) is 18.1. The molecule has 161 valence electrons. The minimum Gasteiger partial charge on any atom is -0.447 e. The predicted molar refractivity (Wildman–Crippen MR) is 122 cm³/mol. The van der Waals surface area contributed by atoms with Crippen LogP contribution in [0.4, 0.5) is 4.79 Å². The van der Waals surface area contributed by atoms with E-state index in [2.05, 4.69) is 63.9 Å². The molecule has 0 saturated carbocycles. The number of hydrogen-bond donors (Lipinski definition) is 2. The summed E-state index contributed by atoms with van der Waals surface area (Å²) in [5, 5.41) is 6.06. The number of ether oxygens (including phenoxy) is 3. The quantitative estimate of drug-likeness (QED) is 0.136. The Morgan fingerprint density at radius 3 is 2.57 bits per heavy atom. The molecule has 0 spiro atoms. The molecule has 0 aliphatic carbocycles. The fraction of sp³-hybridized carbons (Fsp3) is 0.842. The van der Waals surface area contributed by atoms with E-state index in [4.69, 9.17) is 14.2 Å². The van der Waals surface area contributed by atoms with Crippen LogP contribution in [0.25, 0.3) is 0 Å². The Balaban J connectivity index is 3.46. The summed E-state index contributed by atoms with van der Waals surface area (Å²) >= 11 is 0. The second kappa shape index (κ2) is 17.3. The van der Waals surface area contributed by atoms with Gasteiger partial charge in [-0.3, -0.25) is 0 Å². The molecule has 0 aliphatic heterocycles. The molecule has 0 rings (SSSR count). The first-order valence-electron chi connectivity index (χ1n) is 9.65. The van der Waals surface area contributed by atoms with E-state index in [1.165, 1.54) is 0 Å². The molecule has 0 saturated heterocycles. The minimum atomic E-state index is -0.464. The van der Waals surface area contributed by atoms with E-state index in [9.17, 15) is 4.79 Å². The van der Waals surface area contributed by atoms with Gasteiger partial charge in [-0.15, -0.1) is 0 Å². The summed E-state index contributed by atoms with van der Waals surface area (Å²) in [5.74, 6) is 6.82. The van der Waals surface area contributed by atoms with Gasteiger partial charge in [0.1, 0.15) is 19.2 Å². The van der Waals surface area contributed by atoms with Crippen molar-refractivity contribution in [2.24, 2.45) is 0 Å². The van der Waals surface area contributed by atoms with Gasteiger partial charge in [0.25, 0.3) is 0 Å². The average Bonchev–Trinajstić information content (AvgIpc) is 2.61. The zero-order chi connectivity index (χ0) is 21.3. The van der Waals surface area contributed by atoms with Crippen molar-refractivity contribution in [3.05, 3.63) is 0 Å². The highest BCUT2D eigenvalue weighted by Crippen LogP contribution is 2.35. The molecule has 1 radical (unpaired) electrons. The van der Waals surface area contributed by atoms with E-state index >= 15 is 0 Å². The van der Waals surface area contributed by atoms with E-state index in [0.29, 0.717) is 44.2 Å². The molecule has 28 heavy (non-hydrogen) atoms. The maximum absolute atomic E-state index is 11.5. The molecule has 2 N–H and O–H groups in total. The van der Waals surface area contributed by atoms with Crippen LogP contribution in [0.1, 0.15) is 41.5 Å². The van der Waals surface area contributed by atoms with Gasteiger partial charge >= 0.3 is 6.09 Å². The molecule has 0 atom stereocenters. The van der Waals surface area contributed by atoms with Crippen LogP contribution < -0.4 is 10.6 Å². The molecule has 6 nitrogen and oxygen atoms in total. The maximum atomic E-state index is 11.5. The zero-order valence-corrected chi connectivity index (χ0v) is 19.8. The first-order valence-corrected chi connectivity index (χ1v) is 12.0. The van der Waals surface area contributed by atoms with Crippen molar-refractivity contribution in [3.63, 3.8) is 0 Å². The standard InChI is InChI=1S/C19H36BN2O4S2/c1-16(2)20-8-7-10-24-11-9-21-18(23)26-13-12-25-15-27-28-19(5,6)14-22-17(3)4/h16-17,22H,9-15H2,1-6H3,(H,21,23). The lowest BCUT2D eigenvalue weighted by molar-refractivity contribution is 0.0908. The Labute approximate surface area is 180 Å². The fourth-order valence-electron chi connectivity index (χ4n) is 1.62. The molecule has 1 amide bonds. The van der Waals surface area contributed by atoms with E-state index in [1.54, 1.807) is 21.6 Å². The number of rotatable bonds is 15. The van der Waals surface area contributed by atoms with Gasteiger partial charge in [-0.1, -0.05) is 61.0 Å². The van der Waals surface area contributed by atoms with Gasteiger partial charge in [-0.05, 0) is 13.8 Å². The lowest BCUT2D eigenvalue weighted by Gasteiger charge is -2.24. The Bertz CT molecular complexity index is 469. The summed E-state index contributed by atoms with van der Waals surface area (Å²) in [6.07, 6.45) is -0.464. The van der Waals surface area contributed by atoms with Gasteiger partial charge in [0.15, 0.2) is 0 Å². The summed E-state index contributed by atoms with van der Waals surface area (Å²) in [6.45, 7) is 15.5. The van der Waals surface area contributed by atoms with Crippen molar-refractivity contribution in [1.82, 2.24) is 10.6 Å². The summed E-state index contributed by atoms with van der Waals surface area (Å²) < 4.78 is 15.9. The molecular weight excluding hydrogens is 395 g/mol. The highest BCUT2D eigenvalue weighted by molar-refractivity contribution is 8.77. The summed E-state index contributed by atoms with van der Waals surface area (Å²) in [6, 6.07) is 0.484. The summed E-state index contributed by atoms with van der Waals surface area (Å²) in [4.78, 5) is 11.5. The van der Waals surface area contributed by atoms with Crippen LogP contribution in [0, 0.1) is 11.7 Å². The number of hydrogen-bond acceptors (Lipinski definition) is 7. The number of carbonyl (C=O) groups excluding carboxylic acids is 1. The van der Waals surface area contributed by atoms with Gasteiger partial charge in [0.05, 0.1) is 13.2 Å². The minimum absolute atomic E-state index is 0.134. The molecule has 0 heterocycles. The summed E-state index contributed by atoms with van der Waals surface area (Å²) in [5.41, 5.74) is 0. The van der Waals surface area contributed by atoms with Crippen LogP contribution in [0.2, 0.25) is 5.82 Å². The van der Waals surface area contributed by atoms with Crippen LogP contribution in [-0.2, 0) is 14.2 Å². The lowest BCUT2D eigenvalue weighted by Crippen LogP contribution is -2.35. The van der Waals surface area contributed by atoms with E-state index in [1.807, 2.05) is 7.28 Å². The molecule has 0 aromatic carbocycles. The smallest absolute Gasteiger partial charge is 0.407 e. The number of carbonyl (C=O) groups is 1. The van der Waals surface area contributed by atoms with Crippen molar-refractivity contribution >= 4 is 35.0 Å². The average molecular weight is 431 g/mol. The number of amides is 1. The Kier molecular flexibility index (Phi) is 17.0. The van der Waals surface area contributed by atoms with Crippen molar-refractivity contribution in [2.45, 2.75) is 58.1 Å². The predicted octanol–water partition coefficient (Wildman–Crippen LogP) is 3.35. The Morgan fingerprint density at radius 2 is 1.89 bits per heavy atom. The molecule has 0 aromatic rings. The van der Waals surface area contributed by atoms with Gasteiger partial charge in [0, 0.05) is 23.9 Å². The van der Waals surface area contributed by atoms with Crippen LogP contribution >= 0.6 is 21.6 Å². The van der Waals surface area contributed by atoms with Crippen molar-refractivity contribution < 1.29 is 19.0 Å². The maximum Gasteiger partial charge on any atom is 0.407 e. The van der Waals surface area contributed by atoms with Crippen molar-refractivity contribution in [3.8, 4) is 11.7 Å². The molecule has 0 fully saturated rings. The van der Waals surface area contributed by atoms with E-state index in [-0.39, 0.29) is 11.4 Å². The van der Waals surface area contributed by atoms with E-state index < -0.39 is 6.09 Å². The fourth-order valence-corrected chi connectivity index (χ4v) is 3.79. The SMILES string of the molecule is CC(C)[B]C#CCOCCNC(=O)OCCOCSSC(C)(C)CNC(C)C. The first kappa shape index (κ1) is 27.5. The second-order valence-electron chi connectivity index (χ2n) is 7.37. The largest absolute Gasteiger partial charge is 0.447 e. The second-order valence-corrected chi connectivity index (χ2v) is 10.3. The van der Waals surface area contributed by atoms with Gasteiger partial charge in [-0.2, -0.15) is 5.82 Å². The third kappa shape index (κ3) is 20.2. The lowest BCUT2D eigenvalue weighted by atomic mass is 9.67. The highest BCUT2D eigenvalue weighted by atomic mass is 33.1. The molecule has 0 unspecified atom stereocenters. The first-order chi connectivity index (χ1) is 13.2. The monoisotopic (exact) mass is 431 g/mol. The molecule has 0 aromatic heterocycles. The third-order valence-corrected chi connectivity index (χ3v) is 5.99. The van der Waals surface area contributed by atoms with Crippen molar-refractivity contribution in [1.29, 1.82) is 0 Å².